The fourth-order valence-electron chi connectivity index (χ4n) is 4.01. The van der Waals surface area contributed by atoms with E-state index in [1.807, 2.05) is 23.9 Å². The lowest BCUT2D eigenvalue weighted by Gasteiger charge is -2.28. The molecule has 148 valence electrons. The van der Waals surface area contributed by atoms with Gasteiger partial charge in [-0.3, -0.25) is 5.10 Å². The molecule has 5 rings (SSSR count). The third kappa shape index (κ3) is 3.14. The molecule has 4 heterocycles. The zero-order valence-electron chi connectivity index (χ0n) is 16.2. The van der Waals surface area contributed by atoms with E-state index in [0.717, 1.165) is 59.9 Å². The monoisotopic (exact) mass is 383 g/mol. The molecule has 3 aromatic heterocycles. The van der Waals surface area contributed by atoms with Gasteiger partial charge in [0.25, 0.3) is 0 Å². The molecule has 1 saturated carbocycles. The van der Waals surface area contributed by atoms with Gasteiger partial charge in [0.05, 0.1) is 30.9 Å². The molecule has 0 amide bonds. The molecule has 1 aliphatic heterocycles. The van der Waals surface area contributed by atoms with Crippen LogP contribution < -0.4 is 5.32 Å². The number of aromatic nitrogens is 6. The Morgan fingerprint density at radius 3 is 2.68 bits per heavy atom. The summed E-state index contributed by atoms with van der Waals surface area (Å²) in [5.74, 6) is 2.70. The maximum absolute atomic E-state index is 5.52. The number of aromatic amines is 1. The van der Waals surface area contributed by atoms with Gasteiger partial charge in [-0.05, 0) is 32.6 Å². The maximum Gasteiger partial charge on any atom is 0.164 e. The van der Waals surface area contributed by atoms with Crippen molar-refractivity contribution in [3.63, 3.8) is 0 Å². The minimum atomic E-state index is 0.241. The van der Waals surface area contributed by atoms with Gasteiger partial charge in [-0.15, -0.1) is 0 Å². The van der Waals surface area contributed by atoms with E-state index >= 15 is 0 Å². The molecule has 0 aromatic carbocycles. The highest BCUT2D eigenvalue weighted by Gasteiger charge is 2.28. The summed E-state index contributed by atoms with van der Waals surface area (Å²) >= 11 is 0. The van der Waals surface area contributed by atoms with E-state index in [4.69, 9.17) is 19.4 Å². The van der Waals surface area contributed by atoms with Crippen molar-refractivity contribution in [3.8, 4) is 0 Å². The first-order valence-corrected chi connectivity index (χ1v) is 9.86. The van der Waals surface area contributed by atoms with Gasteiger partial charge < -0.3 is 14.8 Å². The van der Waals surface area contributed by atoms with Gasteiger partial charge in [0.1, 0.15) is 17.7 Å². The second-order valence-electron chi connectivity index (χ2n) is 7.72. The van der Waals surface area contributed by atoms with Gasteiger partial charge in [0.15, 0.2) is 11.5 Å². The lowest BCUT2D eigenvalue weighted by Crippen LogP contribution is -2.31. The molecule has 9 nitrogen and oxygen atoms in total. The maximum atomic E-state index is 5.52. The van der Waals surface area contributed by atoms with Gasteiger partial charge in [0, 0.05) is 24.8 Å². The van der Waals surface area contributed by atoms with E-state index in [0.29, 0.717) is 25.2 Å². The van der Waals surface area contributed by atoms with Crippen molar-refractivity contribution in [2.24, 2.45) is 0 Å². The second-order valence-corrected chi connectivity index (χ2v) is 7.72. The number of hydrogen-bond donors (Lipinski definition) is 2. The summed E-state index contributed by atoms with van der Waals surface area (Å²) in [5.41, 5.74) is 1.86. The molecular weight excluding hydrogens is 358 g/mol. The summed E-state index contributed by atoms with van der Waals surface area (Å²) in [5, 5.41) is 16.1. The minimum Gasteiger partial charge on any atom is -0.381 e. The van der Waals surface area contributed by atoms with Crippen molar-refractivity contribution in [3.05, 3.63) is 23.8 Å². The number of nitrogens with zero attached hydrogens (tertiary/aromatic N) is 5. The molecule has 2 N–H and O–H groups in total. The number of rotatable bonds is 5. The number of anilines is 2. The molecule has 28 heavy (non-hydrogen) atoms. The molecule has 3 aromatic rings. The predicted molar refractivity (Wildman–Crippen MR) is 104 cm³/mol. The predicted octanol–water partition coefficient (Wildman–Crippen LogP) is 2.85. The highest BCUT2D eigenvalue weighted by atomic mass is 16.5. The van der Waals surface area contributed by atoms with Crippen molar-refractivity contribution >= 4 is 22.7 Å². The molecule has 1 aliphatic carbocycles. The van der Waals surface area contributed by atoms with E-state index in [1.54, 1.807) is 7.11 Å². The largest absolute Gasteiger partial charge is 0.381 e. The van der Waals surface area contributed by atoms with Gasteiger partial charge >= 0.3 is 0 Å². The Bertz CT molecular complexity index is 970. The number of nitrogens with one attached hydrogen (secondary N) is 2. The summed E-state index contributed by atoms with van der Waals surface area (Å²) in [7, 11) is 1.79. The first-order chi connectivity index (χ1) is 13.7. The molecule has 2 aliphatic rings. The third-order valence-electron chi connectivity index (χ3n) is 5.76. The normalized spacial score (nSPS) is 23.1. The van der Waals surface area contributed by atoms with E-state index in [9.17, 15) is 0 Å². The van der Waals surface area contributed by atoms with Crippen molar-refractivity contribution in [2.45, 2.75) is 50.7 Å². The number of hydrogen-bond acceptors (Lipinski definition) is 7. The van der Waals surface area contributed by atoms with E-state index in [1.165, 1.54) is 0 Å². The van der Waals surface area contributed by atoms with Crippen LogP contribution in [-0.2, 0) is 9.47 Å². The van der Waals surface area contributed by atoms with Gasteiger partial charge in [-0.25, -0.2) is 14.6 Å². The molecule has 0 unspecified atom stereocenters. The van der Waals surface area contributed by atoms with E-state index in [-0.39, 0.29) is 6.04 Å². The molecule has 9 heteroatoms. The van der Waals surface area contributed by atoms with Crippen LogP contribution >= 0.6 is 0 Å². The summed E-state index contributed by atoms with van der Waals surface area (Å²) < 4.78 is 12.9. The van der Waals surface area contributed by atoms with Crippen LogP contribution in [0.5, 0.6) is 0 Å². The van der Waals surface area contributed by atoms with Crippen LogP contribution in [0.1, 0.15) is 49.2 Å². The van der Waals surface area contributed by atoms with E-state index in [2.05, 4.69) is 20.6 Å². The summed E-state index contributed by atoms with van der Waals surface area (Å²) in [6.07, 6.45) is 6.33. The third-order valence-corrected chi connectivity index (χ3v) is 5.76. The van der Waals surface area contributed by atoms with Crippen LogP contribution in [0.4, 0.5) is 11.6 Å². The lowest BCUT2D eigenvalue weighted by atomic mass is 9.87. The van der Waals surface area contributed by atoms with Crippen molar-refractivity contribution in [1.29, 1.82) is 0 Å². The number of ether oxygens (including phenoxy) is 2. The Morgan fingerprint density at radius 1 is 1.21 bits per heavy atom. The van der Waals surface area contributed by atoms with Gasteiger partial charge in [-0.1, -0.05) is 0 Å². The smallest absolute Gasteiger partial charge is 0.164 e. The van der Waals surface area contributed by atoms with Crippen LogP contribution in [0.2, 0.25) is 0 Å². The zero-order chi connectivity index (χ0) is 19.1. The van der Waals surface area contributed by atoms with Crippen LogP contribution in [0, 0.1) is 6.92 Å². The fraction of sp³-hybridized carbons (Fsp3) is 0.579. The number of H-pyrrole nitrogens is 1. The minimum absolute atomic E-state index is 0.241. The lowest BCUT2D eigenvalue weighted by molar-refractivity contribution is -0.0269. The molecular formula is C19H25N7O2. The van der Waals surface area contributed by atoms with Crippen molar-refractivity contribution in [2.75, 3.05) is 25.6 Å². The van der Waals surface area contributed by atoms with E-state index < -0.39 is 0 Å². The van der Waals surface area contributed by atoms with Crippen LogP contribution in [0.15, 0.2) is 12.3 Å². The SMILES string of the molecule is CO[C@H]1CC[C@@H](c2nc(Nc3cc(C)[nH]n3)c3cnn(C4COC4)c3n2)CC1. The highest BCUT2D eigenvalue weighted by molar-refractivity contribution is 5.88. The molecule has 0 radical (unpaired) electrons. The summed E-state index contributed by atoms with van der Waals surface area (Å²) in [6.45, 7) is 3.33. The molecule has 1 saturated heterocycles. The molecule has 2 fully saturated rings. The summed E-state index contributed by atoms with van der Waals surface area (Å²) in [4.78, 5) is 9.84. The fourth-order valence-corrected chi connectivity index (χ4v) is 4.01. The number of fused-ring (bicyclic) bond motifs is 1. The van der Waals surface area contributed by atoms with Crippen LogP contribution in [0.3, 0.4) is 0 Å². The number of aryl methyl sites for hydroxylation is 1. The Labute approximate surface area is 162 Å². The Balaban J connectivity index is 1.53. The first kappa shape index (κ1) is 17.6. The van der Waals surface area contributed by atoms with Gasteiger partial charge in [0.2, 0.25) is 0 Å². The number of methoxy groups -OCH3 is 1. The average molecular weight is 383 g/mol. The molecule has 0 bridgehead atoms. The van der Waals surface area contributed by atoms with Crippen LogP contribution in [0.25, 0.3) is 11.0 Å². The Morgan fingerprint density at radius 2 is 2.04 bits per heavy atom. The van der Waals surface area contributed by atoms with Crippen LogP contribution in [-0.4, -0.2) is 56.4 Å². The molecule has 0 atom stereocenters. The van der Waals surface area contributed by atoms with Crippen molar-refractivity contribution in [1.82, 2.24) is 29.9 Å². The van der Waals surface area contributed by atoms with Crippen molar-refractivity contribution < 1.29 is 9.47 Å². The first-order valence-electron chi connectivity index (χ1n) is 9.86. The average Bonchev–Trinajstić information content (AvgIpc) is 3.27. The highest BCUT2D eigenvalue weighted by Crippen LogP contribution is 2.35. The Hall–Kier alpha value is -2.52. The molecule has 0 spiro atoms. The Kier molecular flexibility index (Phi) is 4.48. The zero-order valence-corrected chi connectivity index (χ0v) is 16.2. The summed E-state index contributed by atoms with van der Waals surface area (Å²) in [6, 6.07) is 2.20. The van der Waals surface area contributed by atoms with Gasteiger partial charge in [-0.2, -0.15) is 10.2 Å². The second kappa shape index (κ2) is 7.14. The quantitative estimate of drug-likeness (QED) is 0.698. The topological polar surface area (TPSA) is 103 Å². The standard InChI is InChI=1S/C19H25N7O2/c1-11-7-16(25-24-11)21-18-15-8-20-26(13-9-28-10-13)19(15)23-17(22-18)12-3-5-14(27-2)6-4-12/h7-8,12-14H,3-6,9-10H2,1-2H3,(H2,21,22,23,24,25)/t12-,14+.